The van der Waals surface area contributed by atoms with Gasteiger partial charge in [0, 0.05) is 54.3 Å². The van der Waals surface area contributed by atoms with E-state index in [4.69, 9.17) is 19.7 Å². The van der Waals surface area contributed by atoms with Crippen LogP contribution in [0.2, 0.25) is 0 Å². The van der Waals surface area contributed by atoms with E-state index >= 15 is 0 Å². The van der Waals surface area contributed by atoms with Crippen molar-refractivity contribution in [3.63, 3.8) is 0 Å². The SMILES string of the molecule is CCCCC(C)(COc1nc(N2CC3CCC(C2)N3)c2cnc(-c3cccc4ccccc34)c(CC)c2n1)CC1=C[CH]1. The quantitative estimate of drug-likeness (QED) is 0.205. The van der Waals surface area contributed by atoms with E-state index in [1.807, 2.05) is 6.20 Å². The molecule has 7 rings (SSSR count). The summed E-state index contributed by atoms with van der Waals surface area (Å²) in [4.78, 5) is 17.9. The van der Waals surface area contributed by atoms with E-state index in [9.17, 15) is 0 Å². The largest absolute Gasteiger partial charge is 0.463 e. The molecule has 0 spiro atoms. The molecule has 2 bridgehead atoms. The van der Waals surface area contributed by atoms with Crippen molar-refractivity contribution in [1.29, 1.82) is 0 Å². The maximum atomic E-state index is 6.60. The number of ether oxygens (including phenoxy) is 1. The second-order valence-corrected chi connectivity index (χ2v) is 12.9. The van der Waals surface area contributed by atoms with Crippen LogP contribution in [0, 0.1) is 11.8 Å². The third-order valence-corrected chi connectivity index (χ3v) is 9.43. The Kier molecular flexibility index (Phi) is 7.35. The minimum absolute atomic E-state index is 0.0570. The van der Waals surface area contributed by atoms with Crippen LogP contribution >= 0.6 is 0 Å². The second kappa shape index (κ2) is 11.3. The van der Waals surface area contributed by atoms with E-state index < -0.39 is 0 Å². The first kappa shape index (κ1) is 27.3. The number of unbranched alkanes of at least 4 members (excludes halogenated alkanes) is 1. The summed E-state index contributed by atoms with van der Waals surface area (Å²) in [6.07, 6.45) is 14.3. The third-order valence-electron chi connectivity index (χ3n) is 9.43. The first-order chi connectivity index (χ1) is 20.5. The van der Waals surface area contributed by atoms with Gasteiger partial charge in [0.15, 0.2) is 0 Å². The van der Waals surface area contributed by atoms with Crippen LogP contribution in [0.3, 0.4) is 0 Å². The maximum Gasteiger partial charge on any atom is 0.318 e. The average Bonchev–Trinajstić information content (AvgIpc) is 3.77. The van der Waals surface area contributed by atoms with Gasteiger partial charge in [0.05, 0.1) is 23.2 Å². The molecule has 217 valence electrons. The van der Waals surface area contributed by atoms with Crippen LogP contribution in [-0.4, -0.2) is 46.7 Å². The van der Waals surface area contributed by atoms with Crippen molar-refractivity contribution in [2.24, 2.45) is 5.41 Å². The van der Waals surface area contributed by atoms with Gasteiger partial charge in [-0.05, 0) is 42.9 Å². The number of rotatable bonds is 11. The molecule has 0 saturated carbocycles. The number of aromatic nitrogens is 3. The Bertz CT molecular complexity index is 1630. The van der Waals surface area contributed by atoms with Crippen molar-refractivity contribution in [2.75, 3.05) is 24.6 Å². The molecule has 6 heteroatoms. The number of nitrogens with one attached hydrogen (secondary N) is 1. The van der Waals surface area contributed by atoms with Crippen molar-refractivity contribution in [1.82, 2.24) is 20.3 Å². The predicted molar refractivity (Wildman–Crippen MR) is 172 cm³/mol. The van der Waals surface area contributed by atoms with Crippen molar-refractivity contribution in [3.8, 4) is 17.3 Å². The predicted octanol–water partition coefficient (Wildman–Crippen LogP) is 7.46. The number of nitrogens with zero attached hydrogens (tertiary/aromatic N) is 4. The number of benzene rings is 2. The summed E-state index contributed by atoms with van der Waals surface area (Å²) in [6, 6.07) is 16.5. The Labute approximate surface area is 249 Å². The topological polar surface area (TPSA) is 63.2 Å². The molecule has 3 atom stereocenters. The van der Waals surface area contributed by atoms with Crippen LogP contribution < -0.4 is 15.0 Å². The lowest BCUT2D eigenvalue weighted by molar-refractivity contribution is 0.140. The van der Waals surface area contributed by atoms with E-state index in [0.717, 1.165) is 65.9 Å². The Balaban J connectivity index is 1.33. The average molecular weight is 561 g/mol. The summed E-state index contributed by atoms with van der Waals surface area (Å²) in [5.41, 5.74) is 5.77. The van der Waals surface area contributed by atoms with Gasteiger partial charge in [-0.3, -0.25) is 4.98 Å². The van der Waals surface area contributed by atoms with Crippen molar-refractivity contribution < 1.29 is 4.74 Å². The Morgan fingerprint density at radius 1 is 1.00 bits per heavy atom. The molecule has 2 aromatic carbocycles. The van der Waals surface area contributed by atoms with Gasteiger partial charge in [0.1, 0.15) is 5.82 Å². The normalized spacial score (nSPS) is 21.0. The van der Waals surface area contributed by atoms with E-state index in [1.165, 1.54) is 42.0 Å². The number of aryl methyl sites for hydroxylation is 1. The lowest BCUT2D eigenvalue weighted by Gasteiger charge is -2.34. The molecule has 42 heavy (non-hydrogen) atoms. The lowest BCUT2D eigenvalue weighted by Crippen LogP contribution is -2.51. The number of allylic oxidation sites excluding steroid dienone is 2. The standard InChI is InChI=1S/C36H42N5O/c1-4-6-18-36(3,19-24-14-15-24)23-42-35-39-33-28(5-2)32(30-13-9-11-25-10-7-8-12-29(25)30)37-20-31(33)34(40-35)41-21-26-16-17-27(22-41)38-26/h7-15,20,26-27,38H,4-6,16-19,21-23H2,1-3H3. The van der Waals surface area contributed by atoms with Crippen LogP contribution in [0.5, 0.6) is 6.01 Å². The number of piperazine rings is 1. The summed E-state index contributed by atoms with van der Waals surface area (Å²) < 4.78 is 6.60. The van der Waals surface area contributed by atoms with E-state index in [-0.39, 0.29) is 5.41 Å². The third kappa shape index (κ3) is 5.37. The zero-order chi connectivity index (χ0) is 28.7. The highest BCUT2D eigenvalue weighted by Crippen LogP contribution is 2.40. The fourth-order valence-electron chi connectivity index (χ4n) is 7.10. The molecule has 3 aliphatic rings. The minimum Gasteiger partial charge on any atom is -0.463 e. The molecule has 3 unspecified atom stereocenters. The van der Waals surface area contributed by atoms with Gasteiger partial charge in [-0.2, -0.15) is 9.97 Å². The fraction of sp³-hybridized carbons (Fsp3) is 0.444. The van der Waals surface area contributed by atoms with Crippen LogP contribution in [0.4, 0.5) is 5.82 Å². The number of fused-ring (bicyclic) bond motifs is 4. The summed E-state index contributed by atoms with van der Waals surface area (Å²) in [6.45, 7) is 9.33. The lowest BCUT2D eigenvalue weighted by atomic mass is 9.81. The molecular formula is C36H42N5O. The van der Waals surface area contributed by atoms with Crippen LogP contribution in [0.15, 0.2) is 60.3 Å². The minimum atomic E-state index is 0.0570. The second-order valence-electron chi connectivity index (χ2n) is 12.9. The van der Waals surface area contributed by atoms with Gasteiger partial charge >= 0.3 is 6.01 Å². The zero-order valence-corrected chi connectivity index (χ0v) is 25.2. The van der Waals surface area contributed by atoms with Gasteiger partial charge in [-0.25, -0.2) is 0 Å². The molecule has 1 radical (unpaired) electrons. The molecule has 4 heterocycles. The van der Waals surface area contributed by atoms with Crippen LogP contribution in [0.25, 0.3) is 32.9 Å². The first-order valence-electron chi connectivity index (χ1n) is 15.9. The highest BCUT2D eigenvalue weighted by molar-refractivity contribution is 6.00. The molecule has 1 aliphatic carbocycles. The number of pyridine rings is 1. The Morgan fingerprint density at radius 2 is 1.79 bits per heavy atom. The molecule has 4 aromatic rings. The first-order valence-corrected chi connectivity index (χ1v) is 15.9. The highest BCUT2D eigenvalue weighted by atomic mass is 16.5. The fourth-order valence-corrected chi connectivity index (χ4v) is 7.10. The Hall–Kier alpha value is -3.51. The van der Waals surface area contributed by atoms with E-state index in [1.54, 1.807) is 0 Å². The maximum absolute atomic E-state index is 6.60. The molecule has 6 nitrogen and oxygen atoms in total. The summed E-state index contributed by atoms with van der Waals surface area (Å²) in [5, 5.41) is 7.23. The molecular weight excluding hydrogens is 518 g/mol. The van der Waals surface area contributed by atoms with E-state index in [0.29, 0.717) is 24.7 Å². The van der Waals surface area contributed by atoms with Crippen molar-refractivity contribution >= 4 is 27.5 Å². The Morgan fingerprint density at radius 3 is 2.55 bits per heavy atom. The smallest absolute Gasteiger partial charge is 0.318 e. The van der Waals surface area contributed by atoms with Crippen molar-refractivity contribution in [2.45, 2.75) is 77.8 Å². The van der Waals surface area contributed by atoms with Crippen molar-refractivity contribution in [3.05, 3.63) is 72.3 Å². The summed E-state index contributed by atoms with van der Waals surface area (Å²) in [7, 11) is 0. The van der Waals surface area contributed by atoms with Gasteiger partial charge in [0.25, 0.3) is 0 Å². The number of hydrogen-bond acceptors (Lipinski definition) is 6. The monoisotopic (exact) mass is 560 g/mol. The van der Waals surface area contributed by atoms with E-state index in [2.05, 4.69) is 85.9 Å². The van der Waals surface area contributed by atoms with Gasteiger partial charge in [-0.15, -0.1) is 0 Å². The van der Waals surface area contributed by atoms with Crippen LogP contribution in [0.1, 0.15) is 64.9 Å². The van der Waals surface area contributed by atoms with Gasteiger partial charge < -0.3 is 15.0 Å². The number of anilines is 1. The van der Waals surface area contributed by atoms with Gasteiger partial charge in [0.2, 0.25) is 0 Å². The molecule has 1 N–H and O–H groups in total. The summed E-state index contributed by atoms with van der Waals surface area (Å²) >= 11 is 0. The molecule has 2 aliphatic heterocycles. The number of hydrogen-bond donors (Lipinski definition) is 1. The molecule has 2 fully saturated rings. The molecule has 0 amide bonds. The molecule has 2 aromatic heterocycles. The zero-order valence-electron chi connectivity index (χ0n) is 25.2. The summed E-state index contributed by atoms with van der Waals surface area (Å²) in [5.74, 6) is 0.966. The van der Waals surface area contributed by atoms with Crippen LogP contribution in [-0.2, 0) is 6.42 Å². The highest BCUT2D eigenvalue weighted by Gasteiger charge is 2.34. The molecule has 2 saturated heterocycles. The van der Waals surface area contributed by atoms with Gasteiger partial charge in [-0.1, -0.05) is 87.7 Å².